The minimum atomic E-state index is -0.0231. The first-order valence-corrected chi connectivity index (χ1v) is 11.6. The molecule has 6 nitrogen and oxygen atoms in total. The van der Waals surface area contributed by atoms with Crippen molar-refractivity contribution in [2.24, 2.45) is 0 Å². The molecule has 0 aliphatic carbocycles. The Kier molecular flexibility index (Phi) is 6.58. The summed E-state index contributed by atoms with van der Waals surface area (Å²) in [6.07, 6.45) is 6.77. The maximum absolute atomic E-state index is 13.0. The monoisotopic (exact) mass is 472 g/mol. The Balaban J connectivity index is 1.37. The highest BCUT2D eigenvalue weighted by molar-refractivity contribution is 9.10. The van der Waals surface area contributed by atoms with Gasteiger partial charge in [-0.1, -0.05) is 22.4 Å². The molecule has 2 aromatic heterocycles. The topological polar surface area (TPSA) is 58.8 Å². The Morgan fingerprint density at radius 2 is 2.03 bits per heavy atom. The number of rotatable bonds is 7. The van der Waals surface area contributed by atoms with Crippen LogP contribution in [0.3, 0.4) is 0 Å². The highest BCUT2D eigenvalue weighted by Gasteiger charge is 2.17. The number of aryl methyl sites for hydroxylation is 1. The van der Waals surface area contributed by atoms with Crippen LogP contribution in [0.15, 0.2) is 45.8 Å². The van der Waals surface area contributed by atoms with Gasteiger partial charge in [0.25, 0.3) is 5.56 Å². The molecular weight excluding hydrogens is 444 g/mol. The van der Waals surface area contributed by atoms with Gasteiger partial charge in [-0.2, -0.15) is 0 Å². The van der Waals surface area contributed by atoms with Crippen molar-refractivity contribution in [2.75, 3.05) is 19.6 Å². The first-order chi connectivity index (χ1) is 14.5. The van der Waals surface area contributed by atoms with E-state index < -0.39 is 0 Å². The number of nitrogens with one attached hydrogen (secondary N) is 1. The van der Waals surface area contributed by atoms with Gasteiger partial charge in [0.2, 0.25) is 5.91 Å². The Morgan fingerprint density at radius 1 is 1.17 bits per heavy atom. The summed E-state index contributed by atoms with van der Waals surface area (Å²) in [5, 5.41) is 3.04. The third-order valence-corrected chi connectivity index (χ3v) is 6.64. The highest BCUT2D eigenvalue weighted by atomic mass is 79.9. The number of benzene rings is 1. The second kappa shape index (κ2) is 9.35. The van der Waals surface area contributed by atoms with Crippen LogP contribution in [-0.4, -0.2) is 45.5 Å². The number of piperidine rings is 1. The molecule has 1 atom stereocenters. The molecule has 1 aromatic carbocycles. The smallest absolute Gasteiger partial charge is 0.275 e. The minimum absolute atomic E-state index is 0.0231. The van der Waals surface area contributed by atoms with Gasteiger partial charge in [0.1, 0.15) is 5.52 Å². The minimum Gasteiger partial charge on any atom is -0.355 e. The number of hydrogen-bond donors (Lipinski definition) is 1. The molecule has 1 amide bonds. The number of carbonyl (C=O) groups excluding carboxylic acids is 1. The van der Waals surface area contributed by atoms with Gasteiger partial charge < -0.3 is 14.3 Å². The van der Waals surface area contributed by atoms with Gasteiger partial charge in [-0.05, 0) is 63.1 Å². The molecule has 1 aliphatic rings. The van der Waals surface area contributed by atoms with Crippen LogP contribution in [0.1, 0.15) is 39.0 Å². The summed E-state index contributed by atoms with van der Waals surface area (Å²) in [6.45, 7) is 5.52. The van der Waals surface area contributed by atoms with Gasteiger partial charge in [-0.3, -0.25) is 14.5 Å². The summed E-state index contributed by atoms with van der Waals surface area (Å²) in [5.74, 6) is 0.0574. The average Bonchev–Trinajstić information content (AvgIpc) is 3.22. The maximum Gasteiger partial charge on any atom is 0.275 e. The third-order valence-electron chi connectivity index (χ3n) is 6.15. The number of hydrogen-bond acceptors (Lipinski definition) is 3. The van der Waals surface area contributed by atoms with Crippen molar-refractivity contribution in [3.05, 3.63) is 51.4 Å². The zero-order valence-corrected chi connectivity index (χ0v) is 19.0. The molecule has 4 rings (SSSR count). The molecule has 1 aliphatic heterocycles. The van der Waals surface area contributed by atoms with Gasteiger partial charge in [0, 0.05) is 42.8 Å². The first kappa shape index (κ1) is 21.1. The zero-order valence-electron chi connectivity index (χ0n) is 17.4. The van der Waals surface area contributed by atoms with Crippen LogP contribution < -0.4 is 10.9 Å². The SMILES string of the molecule is CC1CCCCN1CCNC(=O)CCCn1c(=O)c2cccn2c2ccc(Br)cc21. The van der Waals surface area contributed by atoms with E-state index in [2.05, 4.69) is 33.1 Å². The molecular formula is C23H29BrN4O2. The molecule has 0 spiro atoms. The molecule has 1 fully saturated rings. The number of fused-ring (bicyclic) bond motifs is 3. The molecule has 160 valence electrons. The summed E-state index contributed by atoms with van der Waals surface area (Å²) in [4.78, 5) is 27.7. The predicted octanol–water partition coefficient (Wildman–Crippen LogP) is 3.79. The van der Waals surface area contributed by atoms with E-state index in [4.69, 9.17) is 0 Å². The molecule has 7 heteroatoms. The van der Waals surface area contributed by atoms with Crippen molar-refractivity contribution < 1.29 is 4.79 Å². The lowest BCUT2D eigenvalue weighted by Gasteiger charge is -2.33. The van der Waals surface area contributed by atoms with E-state index >= 15 is 0 Å². The van der Waals surface area contributed by atoms with Crippen LogP contribution in [0.25, 0.3) is 16.6 Å². The van der Waals surface area contributed by atoms with Crippen molar-refractivity contribution in [2.45, 2.75) is 51.6 Å². The first-order valence-electron chi connectivity index (χ1n) is 10.8. The van der Waals surface area contributed by atoms with Crippen LogP contribution >= 0.6 is 15.9 Å². The van der Waals surface area contributed by atoms with Crippen LogP contribution in [0.5, 0.6) is 0 Å². The number of halogens is 1. The molecule has 1 N–H and O–H groups in total. The molecule has 30 heavy (non-hydrogen) atoms. The molecule has 3 aromatic rings. The lowest BCUT2D eigenvalue weighted by molar-refractivity contribution is -0.121. The van der Waals surface area contributed by atoms with Gasteiger partial charge in [-0.15, -0.1) is 0 Å². The van der Waals surface area contributed by atoms with Crippen LogP contribution in [0, 0.1) is 0 Å². The maximum atomic E-state index is 13.0. The zero-order chi connectivity index (χ0) is 21.1. The molecule has 0 radical (unpaired) electrons. The average molecular weight is 473 g/mol. The van der Waals surface area contributed by atoms with E-state index in [0.29, 0.717) is 37.5 Å². The van der Waals surface area contributed by atoms with Gasteiger partial charge in [-0.25, -0.2) is 0 Å². The largest absolute Gasteiger partial charge is 0.355 e. The van der Waals surface area contributed by atoms with E-state index in [1.165, 1.54) is 19.3 Å². The van der Waals surface area contributed by atoms with Gasteiger partial charge >= 0.3 is 0 Å². The third kappa shape index (κ3) is 4.47. The lowest BCUT2D eigenvalue weighted by Crippen LogP contribution is -2.42. The summed E-state index contributed by atoms with van der Waals surface area (Å²) < 4.78 is 4.65. The highest BCUT2D eigenvalue weighted by Crippen LogP contribution is 2.21. The quantitative estimate of drug-likeness (QED) is 0.568. The van der Waals surface area contributed by atoms with E-state index in [1.54, 1.807) is 4.57 Å². The Labute approximate surface area is 185 Å². The van der Waals surface area contributed by atoms with Crippen LogP contribution in [-0.2, 0) is 11.3 Å². The normalized spacial score (nSPS) is 17.6. The second-order valence-electron chi connectivity index (χ2n) is 8.19. The lowest BCUT2D eigenvalue weighted by atomic mass is 10.0. The van der Waals surface area contributed by atoms with E-state index in [0.717, 1.165) is 28.6 Å². The standard InChI is InChI=1S/C23H29BrN4O2/c1-17-6-2-3-12-26(17)15-11-25-22(29)8-5-14-28-21-16-18(24)9-10-19(21)27-13-4-7-20(27)23(28)30/h4,7,9-10,13,16-17H,2-3,5-6,8,11-12,14-15H2,1H3,(H,25,29). The van der Waals surface area contributed by atoms with E-state index in [9.17, 15) is 9.59 Å². The van der Waals surface area contributed by atoms with Gasteiger partial charge in [0.15, 0.2) is 0 Å². The number of amides is 1. The molecule has 1 unspecified atom stereocenters. The second-order valence-corrected chi connectivity index (χ2v) is 9.10. The summed E-state index contributed by atoms with van der Waals surface area (Å²) >= 11 is 3.51. The number of aromatic nitrogens is 2. The van der Waals surface area contributed by atoms with Crippen molar-refractivity contribution in [3.8, 4) is 0 Å². The molecule has 1 saturated heterocycles. The fraction of sp³-hybridized carbons (Fsp3) is 0.478. The Morgan fingerprint density at radius 3 is 2.87 bits per heavy atom. The Hall–Kier alpha value is -2.12. The molecule has 3 heterocycles. The summed E-state index contributed by atoms with van der Waals surface area (Å²) in [7, 11) is 0. The summed E-state index contributed by atoms with van der Waals surface area (Å²) in [6, 6.07) is 10.3. The van der Waals surface area contributed by atoms with Crippen molar-refractivity contribution in [1.82, 2.24) is 19.2 Å². The molecule has 0 bridgehead atoms. The van der Waals surface area contributed by atoms with E-state index in [1.807, 2.05) is 40.9 Å². The Bertz CT molecular complexity index is 1100. The van der Waals surface area contributed by atoms with Crippen LogP contribution in [0.4, 0.5) is 0 Å². The van der Waals surface area contributed by atoms with Crippen LogP contribution in [0.2, 0.25) is 0 Å². The van der Waals surface area contributed by atoms with E-state index in [-0.39, 0.29) is 11.5 Å². The molecule has 0 saturated carbocycles. The predicted molar refractivity (Wildman–Crippen MR) is 124 cm³/mol. The fourth-order valence-corrected chi connectivity index (χ4v) is 4.82. The summed E-state index contributed by atoms with van der Waals surface area (Å²) in [5.41, 5.74) is 2.49. The van der Waals surface area contributed by atoms with Crippen molar-refractivity contribution in [1.29, 1.82) is 0 Å². The number of carbonyl (C=O) groups is 1. The van der Waals surface area contributed by atoms with Crippen molar-refractivity contribution >= 4 is 38.4 Å². The number of nitrogens with zero attached hydrogens (tertiary/aromatic N) is 3. The fourth-order valence-electron chi connectivity index (χ4n) is 4.47. The van der Waals surface area contributed by atoms with Crippen molar-refractivity contribution in [3.63, 3.8) is 0 Å². The number of likely N-dealkylation sites (tertiary alicyclic amines) is 1. The van der Waals surface area contributed by atoms with Gasteiger partial charge in [0.05, 0.1) is 11.0 Å².